The molecule has 2 aromatic carbocycles. The summed E-state index contributed by atoms with van der Waals surface area (Å²) in [7, 11) is -3.98. The van der Waals surface area contributed by atoms with Crippen LogP contribution in [0, 0.1) is 32.4 Å². The maximum Gasteiger partial charge on any atom is 0.262 e. The van der Waals surface area contributed by atoms with Crippen molar-refractivity contribution in [3.63, 3.8) is 0 Å². The average molecular weight is 311 g/mol. The van der Waals surface area contributed by atoms with Crippen LogP contribution in [0.15, 0.2) is 35.2 Å². The van der Waals surface area contributed by atoms with Gasteiger partial charge in [-0.25, -0.2) is 17.2 Å². The van der Waals surface area contributed by atoms with Gasteiger partial charge in [0.05, 0.1) is 10.6 Å². The van der Waals surface area contributed by atoms with Crippen LogP contribution in [0.1, 0.15) is 16.7 Å². The van der Waals surface area contributed by atoms with E-state index in [4.69, 9.17) is 0 Å². The highest BCUT2D eigenvalue weighted by atomic mass is 32.2. The smallest absolute Gasteiger partial charge is 0.262 e. The van der Waals surface area contributed by atoms with E-state index in [0.29, 0.717) is 5.56 Å². The van der Waals surface area contributed by atoms with E-state index in [1.807, 2.05) is 0 Å². The number of benzene rings is 2. The van der Waals surface area contributed by atoms with Crippen LogP contribution in [0.4, 0.5) is 14.5 Å². The van der Waals surface area contributed by atoms with Gasteiger partial charge in [-0.15, -0.1) is 0 Å². The van der Waals surface area contributed by atoms with E-state index in [1.54, 1.807) is 13.0 Å². The second-order valence-corrected chi connectivity index (χ2v) is 6.58. The molecule has 0 amide bonds. The molecule has 6 heteroatoms. The highest BCUT2D eigenvalue weighted by Gasteiger charge is 2.21. The Bertz CT molecular complexity index is 778. The van der Waals surface area contributed by atoms with Gasteiger partial charge in [-0.2, -0.15) is 0 Å². The average Bonchev–Trinajstić information content (AvgIpc) is 2.30. The molecular formula is C15H15F2NO2S. The Hall–Kier alpha value is -1.95. The number of hydrogen-bond acceptors (Lipinski definition) is 2. The molecule has 3 nitrogen and oxygen atoms in total. The van der Waals surface area contributed by atoms with Crippen LogP contribution in [-0.2, 0) is 10.0 Å². The predicted octanol–water partition coefficient (Wildman–Crippen LogP) is 3.69. The molecule has 0 aliphatic carbocycles. The van der Waals surface area contributed by atoms with Gasteiger partial charge in [-0.05, 0) is 61.7 Å². The fourth-order valence-corrected chi connectivity index (χ4v) is 3.74. The Labute approximate surface area is 122 Å². The van der Waals surface area contributed by atoms with Gasteiger partial charge in [0, 0.05) is 0 Å². The van der Waals surface area contributed by atoms with Crippen molar-refractivity contribution in [3.05, 3.63) is 58.7 Å². The van der Waals surface area contributed by atoms with Gasteiger partial charge in [0.1, 0.15) is 11.6 Å². The summed E-state index contributed by atoms with van der Waals surface area (Å²) in [6.07, 6.45) is 0. The van der Waals surface area contributed by atoms with Crippen molar-refractivity contribution in [1.82, 2.24) is 0 Å². The molecule has 2 aromatic rings. The summed E-state index contributed by atoms with van der Waals surface area (Å²) in [4.78, 5) is -0.0381. The standard InChI is InChI=1S/C15H15F2NO2S/c1-9-4-5-14(13(17)6-9)18-21(19,20)15-10(2)7-12(16)8-11(15)3/h4-8,18H,1-3H3. The third kappa shape index (κ3) is 3.21. The van der Waals surface area contributed by atoms with Gasteiger partial charge in [0.25, 0.3) is 10.0 Å². The van der Waals surface area contributed by atoms with Crippen LogP contribution in [0.25, 0.3) is 0 Å². The minimum Gasteiger partial charge on any atom is -0.277 e. The van der Waals surface area contributed by atoms with Crippen LogP contribution in [-0.4, -0.2) is 8.42 Å². The molecule has 1 N–H and O–H groups in total. The normalized spacial score (nSPS) is 11.5. The molecule has 0 aliphatic heterocycles. The van der Waals surface area contributed by atoms with E-state index in [2.05, 4.69) is 4.72 Å². The second-order valence-electron chi connectivity index (χ2n) is 4.96. The molecule has 21 heavy (non-hydrogen) atoms. The zero-order valence-electron chi connectivity index (χ0n) is 11.9. The van der Waals surface area contributed by atoms with Crippen molar-refractivity contribution in [2.75, 3.05) is 4.72 Å². The molecule has 0 bridgehead atoms. The summed E-state index contributed by atoms with van der Waals surface area (Å²) in [5, 5.41) is 0. The van der Waals surface area contributed by atoms with Gasteiger partial charge in [0.2, 0.25) is 0 Å². The van der Waals surface area contributed by atoms with Crippen molar-refractivity contribution in [1.29, 1.82) is 0 Å². The van der Waals surface area contributed by atoms with E-state index in [0.717, 1.165) is 12.1 Å². The van der Waals surface area contributed by atoms with E-state index < -0.39 is 21.7 Å². The van der Waals surface area contributed by atoms with Crippen molar-refractivity contribution in [3.8, 4) is 0 Å². The SMILES string of the molecule is Cc1ccc(NS(=O)(=O)c2c(C)cc(F)cc2C)c(F)c1. The van der Waals surface area contributed by atoms with Crippen molar-refractivity contribution in [2.24, 2.45) is 0 Å². The van der Waals surface area contributed by atoms with Crippen LogP contribution < -0.4 is 4.72 Å². The molecule has 0 aromatic heterocycles. The van der Waals surface area contributed by atoms with Gasteiger partial charge < -0.3 is 0 Å². The first-order valence-corrected chi connectivity index (χ1v) is 7.75. The summed E-state index contributed by atoms with van der Waals surface area (Å²) in [6.45, 7) is 4.70. The first-order valence-electron chi connectivity index (χ1n) is 6.26. The lowest BCUT2D eigenvalue weighted by molar-refractivity contribution is 0.595. The minimum absolute atomic E-state index is 0.0381. The lowest BCUT2D eigenvalue weighted by Gasteiger charge is -2.13. The molecule has 0 radical (unpaired) electrons. The first kappa shape index (κ1) is 15.4. The molecule has 0 atom stereocenters. The molecular weight excluding hydrogens is 296 g/mol. The molecule has 0 spiro atoms. The highest BCUT2D eigenvalue weighted by Crippen LogP contribution is 2.25. The Morgan fingerprint density at radius 2 is 1.52 bits per heavy atom. The van der Waals surface area contributed by atoms with E-state index >= 15 is 0 Å². The van der Waals surface area contributed by atoms with Crippen molar-refractivity contribution < 1.29 is 17.2 Å². The van der Waals surface area contributed by atoms with Crippen LogP contribution in [0.2, 0.25) is 0 Å². The third-order valence-corrected chi connectivity index (χ3v) is 4.73. The third-order valence-electron chi connectivity index (χ3n) is 3.06. The Morgan fingerprint density at radius 3 is 2.05 bits per heavy atom. The fraction of sp³-hybridized carbons (Fsp3) is 0.200. The van der Waals surface area contributed by atoms with E-state index in [-0.39, 0.29) is 21.7 Å². The zero-order valence-corrected chi connectivity index (χ0v) is 12.7. The summed E-state index contributed by atoms with van der Waals surface area (Å²) in [5.74, 6) is -1.17. The lowest BCUT2D eigenvalue weighted by atomic mass is 10.1. The Balaban J connectivity index is 2.48. The Morgan fingerprint density at radius 1 is 0.952 bits per heavy atom. The molecule has 0 aliphatic rings. The number of halogens is 2. The van der Waals surface area contributed by atoms with E-state index in [9.17, 15) is 17.2 Å². The van der Waals surface area contributed by atoms with Gasteiger partial charge in [-0.3, -0.25) is 4.72 Å². The van der Waals surface area contributed by atoms with Crippen LogP contribution in [0.5, 0.6) is 0 Å². The number of aryl methyl sites for hydroxylation is 3. The number of hydrogen-bond donors (Lipinski definition) is 1. The fourth-order valence-electron chi connectivity index (χ4n) is 2.22. The van der Waals surface area contributed by atoms with Crippen molar-refractivity contribution in [2.45, 2.75) is 25.7 Å². The molecule has 0 fully saturated rings. The number of anilines is 1. The maximum absolute atomic E-state index is 13.8. The molecule has 2 rings (SSSR count). The number of rotatable bonds is 3. The molecule has 0 saturated carbocycles. The van der Waals surface area contributed by atoms with Gasteiger partial charge in [0.15, 0.2) is 0 Å². The molecule has 0 heterocycles. The van der Waals surface area contributed by atoms with Crippen molar-refractivity contribution >= 4 is 15.7 Å². The summed E-state index contributed by atoms with van der Waals surface area (Å²) >= 11 is 0. The van der Waals surface area contributed by atoms with Crippen LogP contribution >= 0.6 is 0 Å². The molecule has 112 valence electrons. The first-order chi connectivity index (χ1) is 9.70. The predicted molar refractivity (Wildman–Crippen MR) is 77.8 cm³/mol. The quantitative estimate of drug-likeness (QED) is 0.939. The zero-order chi connectivity index (χ0) is 15.8. The topological polar surface area (TPSA) is 46.2 Å². The lowest BCUT2D eigenvalue weighted by Crippen LogP contribution is -2.16. The minimum atomic E-state index is -3.98. The maximum atomic E-state index is 13.8. The van der Waals surface area contributed by atoms with Crippen LogP contribution in [0.3, 0.4) is 0 Å². The van der Waals surface area contributed by atoms with E-state index in [1.165, 1.54) is 26.0 Å². The summed E-state index contributed by atoms with van der Waals surface area (Å²) in [6, 6.07) is 6.46. The molecule has 0 unspecified atom stereocenters. The summed E-state index contributed by atoms with van der Waals surface area (Å²) in [5.41, 5.74) is 1.09. The highest BCUT2D eigenvalue weighted by molar-refractivity contribution is 7.92. The summed E-state index contributed by atoms with van der Waals surface area (Å²) < 4.78 is 54.0. The Kier molecular flexibility index (Phi) is 4.00. The largest absolute Gasteiger partial charge is 0.277 e. The monoisotopic (exact) mass is 311 g/mol. The van der Waals surface area contributed by atoms with Gasteiger partial charge >= 0.3 is 0 Å². The molecule has 0 saturated heterocycles. The van der Waals surface area contributed by atoms with Gasteiger partial charge in [-0.1, -0.05) is 6.07 Å². The number of sulfonamides is 1. The second kappa shape index (κ2) is 5.44. The number of nitrogens with one attached hydrogen (secondary N) is 1.